The molecule has 0 heterocycles. The topological polar surface area (TPSA) is 24.1 Å². The first-order valence-corrected chi connectivity index (χ1v) is 5.69. The van der Waals surface area contributed by atoms with Crippen LogP contribution >= 0.6 is 12.2 Å². The molecule has 0 fully saturated rings. The Morgan fingerprint density at radius 1 is 1.23 bits per heavy atom. The number of hydrogen-bond acceptors (Lipinski definition) is 1. The van der Waals surface area contributed by atoms with Gasteiger partial charge >= 0.3 is 0 Å². The van der Waals surface area contributed by atoms with Crippen LogP contribution in [0.2, 0.25) is 0 Å². The lowest BCUT2D eigenvalue weighted by Crippen LogP contribution is -2.41. The third-order valence-electron chi connectivity index (χ3n) is 2.00. The van der Waals surface area contributed by atoms with Gasteiger partial charge in [0.15, 0.2) is 5.11 Å². The molecule has 0 aromatic rings. The molecular weight excluding hydrogens is 180 g/mol. The molecule has 0 bridgehead atoms. The van der Waals surface area contributed by atoms with E-state index in [1.807, 2.05) is 0 Å². The van der Waals surface area contributed by atoms with Gasteiger partial charge in [-0.05, 0) is 31.5 Å². The van der Waals surface area contributed by atoms with Crippen molar-refractivity contribution in [3.8, 4) is 0 Å². The maximum Gasteiger partial charge on any atom is 0.166 e. The van der Waals surface area contributed by atoms with Gasteiger partial charge in [0.05, 0.1) is 0 Å². The van der Waals surface area contributed by atoms with E-state index in [0.717, 1.165) is 24.5 Å². The van der Waals surface area contributed by atoms with Gasteiger partial charge in [-0.15, -0.1) is 0 Å². The second-order valence-corrected chi connectivity index (χ2v) is 3.70. The van der Waals surface area contributed by atoms with Gasteiger partial charge in [-0.3, -0.25) is 0 Å². The van der Waals surface area contributed by atoms with E-state index in [2.05, 4.69) is 31.4 Å². The van der Waals surface area contributed by atoms with E-state index in [-0.39, 0.29) is 0 Å². The molecule has 0 aliphatic rings. The predicted octanol–water partition coefficient (Wildman–Crippen LogP) is 2.44. The summed E-state index contributed by atoms with van der Waals surface area (Å²) in [5, 5.41) is 7.31. The molecule has 0 aliphatic carbocycles. The zero-order valence-electron chi connectivity index (χ0n) is 9.02. The minimum absolute atomic E-state index is 0.543. The monoisotopic (exact) mass is 202 g/mol. The Hall–Kier alpha value is -0.310. The van der Waals surface area contributed by atoms with Crippen LogP contribution in [0.15, 0.2) is 0 Å². The fourth-order valence-corrected chi connectivity index (χ4v) is 1.47. The molecule has 0 aromatic carbocycles. The Balaban J connectivity index is 3.60. The van der Waals surface area contributed by atoms with Crippen molar-refractivity contribution < 1.29 is 0 Å². The summed E-state index contributed by atoms with van der Waals surface area (Å²) in [5.74, 6) is 0. The molecule has 0 saturated carbocycles. The molecule has 2 nitrogen and oxygen atoms in total. The Bertz CT molecular complexity index is 137. The first-order chi connectivity index (χ1) is 6.24. The molecule has 0 radical (unpaired) electrons. The summed E-state index contributed by atoms with van der Waals surface area (Å²) in [7, 11) is 0. The smallest absolute Gasteiger partial charge is 0.166 e. The van der Waals surface area contributed by atoms with Crippen LogP contribution in [0.4, 0.5) is 0 Å². The average Bonchev–Trinajstić information content (AvgIpc) is 2.14. The average molecular weight is 202 g/mol. The van der Waals surface area contributed by atoms with Gasteiger partial charge in [0.1, 0.15) is 0 Å². The van der Waals surface area contributed by atoms with Crippen molar-refractivity contribution in [2.45, 2.75) is 52.5 Å². The largest absolute Gasteiger partial charge is 0.363 e. The van der Waals surface area contributed by atoms with E-state index in [9.17, 15) is 0 Å². The van der Waals surface area contributed by atoms with Crippen LogP contribution in [0.1, 0.15) is 46.5 Å². The Labute approximate surface area is 87.5 Å². The van der Waals surface area contributed by atoms with Crippen LogP contribution in [0, 0.1) is 0 Å². The number of nitrogens with one attached hydrogen (secondary N) is 2. The fraction of sp³-hybridized carbons (Fsp3) is 0.900. The summed E-state index contributed by atoms with van der Waals surface area (Å²) in [4.78, 5) is 0. The van der Waals surface area contributed by atoms with Gasteiger partial charge in [0.2, 0.25) is 0 Å². The van der Waals surface area contributed by atoms with Crippen molar-refractivity contribution in [2.75, 3.05) is 6.54 Å². The standard InChI is InChI=1S/C10H22N2S/c1-4-7-9(6-3)12-10(13)11-8-5-2/h9H,4-8H2,1-3H3,(H2,11,12,13). The highest BCUT2D eigenvalue weighted by molar-refractivity contribution is 7.80. The third kappa shape index (κ3) is 6.82. The third-order valence-corrected chi connectivity index (χ3v) is 2.26. The number of rotatable bonds is 6. The highest BCUT2D eigenvalue weighted by atomic mass is 32.1. The van der Waals surface area contributed by atoms with Crippen molar-refractivity contribution in [2.24, 2.45) is 0 Å². The van der Waals surface area contributed by atoms with E-state index in [1.165, 1.54) is 12.8 Å². The first kappa shape index (κ1) is 12.7. The first-order valence-electron chi connectivity index (χ1n) is 5.28. The van der Waals surface area contributed by atoms with Crippen molar-refractivity contribution in [1.82, 2.24) is 10.6 Å². The Morgan fingerprint density at radius 2 is 1.92 bits per heavy atom. The van der Waals surface area contributed by atoms with Crippen LogP contribution in [-0.2, 0) is 0 Å². The lowest BCUT2D eigenvalue weighted by atomic mass is 10.1. The summed E-state index contributed by atoms with van der Waals surface area (Å²) >= 11 is 5.15. The van der Waals surface area contributed by atoms with E-state index >= 15 is 0 Å². The molecule has 78 valence electrons. The zero-order chi connectivity index (χ0) is 10.1. The second kappa shape index (κ2) is 8.30. The van der Waals surface area contributed by atoms with E-state index in [0.29, 0.717) is 6.04 Å². The summed E-state index contributed by atoms with van der Waals surface area (Å²) in [6.07, 6.45) is 4.67. The summed E-state index contributed by atoms with van der Waals surface area (Å²) < 4.78 is 0. The molecular formula is C10H22N2S. The lowest BCUT2D eigenvalue weighted by Gasteiger charge is -2.18. The predicted molar refractivity (Wildman–Crippen MR) is 63.0 cm³/mol. The normalized spacial score (nSPS) is 12.2. The molecule has 13 heavy (non-hydrogen) atoms. The van der Waals surface area contributed by atoms with E-state index in [1.54, 1.807) is 0 Å². The molecule has 0 saturated heterocycles. The molecule has 0 aliphatic heterocycles. The molecule has 3 heteroatoms. The van der Waals surface area contributed by atoms with Gasteiger partial charge in [0, 0.05) is 12.6 Å². The lowest BCUT2D eigenvalue weighted by molar-refractivity contribution is 0.532. The summed E-state index contributed by atoms with van der Waals surface area (Å²) in [6.45, 7) is 7.50. The number of hydrogen-bond donors (Lipinski definition) is 2. The van der Waals surface area contributed by atoms with Gasteiger partial charge in [-0.1, -0.05) is 27.2 Å². The van der Waals surface area contributed by atoms with Crippen molar-refractivity contribution >= 4 is 17.3 Å². The summed E-state index contributed by atoms with van der Waals surface area (Å²) in [5.41, 5.74) is 0. The highest BCUT2D eigenvalue weighted by Gasteiger charge is 2.05. The van der Waals surface area contributed by atoms with Gasteiger partial charge < -0.3 is 10.6 Å². The fourth-order valence-electron chi connectivity index (χ4n) is 1.20. The van der Waals surface area contributed by atoms with Gasteiger partial charge in [-0.25, -0.2) is 0 Å². The molecule has 1 atom stereocenters. The van der Waals surface area contributed by atoms with Crippen molar-refractivity contribution in [1.29, 1.82) is 0 Å². The molecule has 0 amide bonds. The summed E-state index contributed by atoms with van der Waals surface area (Å²) in [6, 6.07) is 0.543. The molecule has 1 unspecified atom stereocenters. The quantitative estimate of drug-likeness (QED) is 0.647. The second-order valence-electron chi connectivity index (χ2n) is 3.29. The van der Waals surface area contributed by atoms with Crippen LogP contribution in [0.25, 0.3) is 0 Å². The minimum Gasteiger partial charge on any atom is -0.363 e. The van der Waals surface area contributed by atoms with E-state index < -0.39 is 0 Å². The maximum atomic E-state index is 5.15. The molecule has 2 N–H and O–H groups in total. The van der Waals surface area contributed by atoms with E-state index in [4.69, 9.17) is 12.2 Å². The van der Waals surface area contributed by atoms with Crippen molar-refractivity contribution in [3.63, 3.8) is 0 Å². The SMILES string of the molecule is CCCNC(=S)NC(CC)CCC. The Morgan fingerprint density at radius 3 is 2.38 bits per heavy atom. The molecule has 0 spiro atoms. The van der Waals surface area contributed by atoms with Crippen molar-refractivity contribution in [3.05, 3.63) is 0 Å². The van der Waals surface area contributed by atoms with Gasteiger partial charge in [-0.2, -0.15) is 0 Å². The van der Waals surface area contributed by atoms with Crippen LogP contribution in [-0.4, -0.2) is 17.7 Å². The van der Waals surface area contributed by atoms with Gasteiger partial charge in [0.25, 0.3) is 0 Å². The molecule has 0 rings (SSSR count). The van der Waals surface area contributed by atoms with Crippen LogP contribution < -0.4 is 10.6 Å². The maximum absolute atomic E-state index is 5.15. The highest BCUT2D eigenvalue weighted by Crippen LogP contribution is 2.00. The van der Waals surface area contributed by atoms with Crippen LogP contribution in [0.5, 0.6) is 0 Å². The Kier molecular flexibility index (Phi) is 8.10. The zero-order valence-corrected chi connectivity index (χ0v) is 9.84. The molecule has 0 aromatic heterocycles. The van der Waals surface area contributed by atoms with Crippen LogP contribution in [0.3, 0.4) is 0 Å². The minimum atomic E-state index is 0.543. The number of thiocarbonyl (C=S) groups is 1.